The summed E-state index contributed by atoms with van der Waals surface area (Å²) >= 11 is 0. The molecule has 2 rings (SSSR count). The quantitative estimate of drug-likeness (QED) is 0.789. The van der Waals surface area contributed by atoms with Crippen LogP contribution in [0.1, 0.15) is 37.8 Å². The number of urea groups is 1. The summed E-state index contributed by atoms with van der Waals surface area (Å²) in [6.07, 6.45) is -0.432. The first kappa shape index (κ1) is 16.9. The van der Waals surface area contributed by atoms with Crippen LogP contribution in [0.3, 0.4) is 0 Å². The van der Waals surface area contributed by atoms with Crippen molar-refractivity contribution in [1.29, 1.82) is 0 Å². The molecule has 0 fully saturated rings. The first-order valence-electron chi connectivity index (χ1n) is 7.86. The summed E-state index contributed by atoms with van der Waals surface area (Å²) in [4.78, 5) is 12.1. The molecule has 2 aromatic carbocycles. The van der Waals surface area contributed by atoms with Crippen LogP contribution in [0.15, 0.2) is 48.5 Å². The van der Waals surface area contributed by atoms with Crippen molar-refractivity contribution in [2.24, 2.45) is 0 Å². The Morgan fingerprint density at radius 2 is 1.65 bits per heavy atom. The highest BCUT2D eigenvalue weighted by molar-refractivity contribution is 5.90. The lowest BCUT2D eigenvalue weighted by Gasteiger charge is -2.20. The molecule has 0 saturated carbocycles. The summed E-state index contributed by atoms with van der Waals surface area (Å²) in [7, 11) is 0. The molecule has 23 heavy (non-hydrogen) atoms. The van der Waals surface area contributed by atoms with Crippen molar-refractivity contribution in [3.8, 4) is 5.75 Å². The predicted octanol–water partition coefficient (Wildman–Crippen LogP) is 4.66. The highest BCUT2D eigenvalue weighted by atomic mass is 16.5. The Morgan fingerprint density at radius 1 is 1.00 bits per heavy atom. The summed E-state index contributed by atoms with van der Waals surface area (Å²) in [6, 6.07) is 15.3. The molecule has 1 atom stereocenters. The second-order valence-corrected chi connectivity index (χ2v) is 5.87. The van der Waals surface area contributed by atoms with E-state index in [0.717, 1.165) is 22.6 Å². The maximum atomic E-state index is 12.1. The van der Waals surface area contributed by atoms with Gasteiger partial charge < -0.3 is 15.4 Å². The monoisotopic (exact) mass is 312 g/mol. The summed E-state index contributed by atoms with van der Waals surface area (Å²) in [5.41, 5.74) is 2.93. The molecule has 2 N–H and O–H groups in total. The van der Waals surface area contributed by atoms with E-state index in [9.17, 15) is 4.79 Å². The number of ether oxygens (including phenoxy) is 1. The molecule has 2 amide bonds. The summed E-state index contributed by atoms with van der Waals surface area (Å²) in [5, 5.41) is 5.63. The van der Waals surface area contributed by atoms with Gasteiger partial charge in [-0.05, 0) is 43.0 Å². The van der Waals surface area contributed by atoms with Crippen LogP contribution in [-0.2, 0) is 0 Å². The van der Waals surface area contributed by atoms with Gasteiger partial charge in [0.15, 0.2) is 6.23 Å². The normalized spacial score (nSPS) is 11.9. The van der Waals surface area contributed by atoms with Gasteiger partial charge in [0, 0.05) is 5.69 Å². The number of para-hydroxylation sites is 2. The SMILES string of the molecule is Cc1ccccc1NC(=O)NC(C)Oc1ccccc1C(C)C. The van der Waals surface area contributed by atoms with Crippen molar-refractivity contribution in [2.75, 3.05) is 5.32 Å². The van der Waals surface area contributed by atoms with Gasteiger partial charge in [-0.1, -0.05) is 50.2 Å². The van der Waals surface area contributed by atoms with E-state index in [0.29, 0.717) is 5.92 Å². The number of anilines is 1. The predicted molar refractivity (Wildman–Crippen MR) is 94.0 cm³/mol. The van der Waals surface area contributed by atoms with Crippen LogP contribution in [0.5, 0.6) is 5.75 Å². The molecule has 122 valence electrons. The first-order valence-corrected chi connectivity index (χ1v) is 7.86. The molecule has 0 radical (unpaired) electrons. The van der Waals surface area contributed by atoms with E-state index in [1.54, 1.807) is 0 Å². The fraction of sp³-hybridized carbons (Fsp3) is 0.316. The summed E-state index contributed by atoms with van der Waals surface area (Å²) < 4.78 is 5.87. The Labute approximate surface area is 137 Å². The average Bonchev–Trinajstić information content (AvgIpc) is 2.49. The minimum Gasteiger partial charge on any atom is -0.471 e. The summed E-state index contributed by atoms with van der Waals surface area (Å²) in [6.45, 7) is 8.00. The minimum absolute atomic E-state index is 0.283. The number of benzene rings is 2. The van der Waals surface area contributed by atoms with Crippen LogP contribution >= 0.6 is 0 Å². The van der Waals surface area contributed by atoms with E-state index in [-0.39, 0.29) is 6.03 Å². The van der Waals surface area contributed by atoms with Crippen molar-refractivity contribution < 1.29 is 9.53 Å². The van der Waals surface area contributed by atoms with Gasteiger partial charge in [-0.25, -0.2) is 4.79 Å². The molecule has 4 nitrogen and oxygen atoms in total. The second kappa shape index (κ2) is 7.68. The molecule has 1 unspecified atom stereocenters. The lowest BCUT2D eigenvalue weighted by molar-refractivity contribution is 0.181. The first-order chi connectivity index (χ1) is 11.0. The highest BCUT2D eigenvalue weighted by Gasteiger charge is 2.13. The van der Waals surface area contributed by atoms with E-state index in [1.165, 1.54) is 0 Å². The molecular formula is C19H24N2O2. The number of hydrogen-bond acceptors (Lipinski definition) is 2. The second-order valence-electron chi connectivity index (χ2n) is 5.87. The van der Waals surface area contributed by atoms with Gasteiger partial charge in [0.1, 0.15) is 5.75 Å². The maximum absolute atomic E-state index is 12.1. The Balaban J connectivity index is 1.96. The van der Waals surface area contributed by atoms with Crippen LogP contribution in [-0.4, -0.2) is 12.3 Å². The van der Waals surface area contributed by atoms with Crippen LogP contribution in [0, 0.1) is 6.92 Å². The molecule has 0 aromatic heterocycles. The maximum Gasteiger partial charge on any atom is 0.322 e. The zero-order valence-electron chi connectivity index (χ0n) is 14.1. The topological polar surface area (TPSA) is 50.4 Å². The Bertz CT molecular complexity index is 668. The number of aryl methyl sites for hydroxylation is 1. The van der Waals surface area contributed by atoms with Crippen molar-refractivity contribution >= 4 is 11.7 Å². The molecular weight excluding hydrogens is 288 g/mol. The molecule has 0 spiro atoms. The third-order valence-corrected chi connectivity index (χ3v) is 3.57. The molecule has 2 aromatic rings. The third kappa shape index (κ3) is 4.74. The number of carbonyl (C=O) groups excluding carboxylic acids is 1. The minimum atomic E-state index is -0.432. The fourth-order valence-electron chi connectivity index (χ4n) is 2.34. The Hall–Kier alpha value is -2.49. The lowest BCUT2D eigenvalue weighted by Crippen LogP contribution is -2.39. The number of rotatable bonds is 5. The molecule has 0 bridgehead atoms. The third-order valence-electron chi connectivity index (χ3n) is 3.57. The van der Waals surface area contributed by atoms with Gasteiger partial charge in [0.05, 0.1) is 0 Å². The van der Waals surface area contributed by atoms with Gasteiger partial charge >= 0.3 is 6.03 Å². The van der Waals surface area contributed by atoms with Gasteiger partial charge in [-0.15, -0.1) is 0 Å². The zero-order chi connectivity index (χ0) is 16.8. The Kier molecular flexibility index (Phi) is 5.63. The molecule has 0 aliphatic rings. The van der Waals surface area contributed by atoms with Crippen molar-refractivity contribution in [1.82, 2.24) is 5.32 Å². The average molecular weight is 312 g/mol. The molecule has 0 saturated heterocycles. The van der Waals surface area contributed by atoms with Gasteiger partial charge in [-0.2, -0.15) is 0 Å². The van der Waals surface area contributed by atoms with E-state index < -0.39 is 6.23 Å². The van der Waals surface area contributed by atoms with Crippen LogP contribution in [0.2, 0.25) is 0 Å². The summed E-state index contributed by atoms with van der Waals surface area (Å²) in [5.74, 6) is 1.16. The van der Waals surface area contributed by atoms with Crippen LogP contribution in [0.25, 0.3) is 0 Å². The smallest absolute Gasteiger partial charge is 0.322 e. The van der Waals surface area contributed by atoms with E-state index in [1.807, 2.05) is 62.4 Å². The van der Waals surface area contributed by atoms with E-state index in [4.69, 9.17) is 4.74 Å². The van der Waals surface area contributed by atoms with E-state index in [2.05, 4.69) is 24.5 Å². The molecule has 0 heterocycles. The van der Waals surface area contributed by atoms with E-state index >= 15 is 0 Å². The van der Waals surface area contributed by atoms with Crippen molar-refractivity contribution in [2.45, 2.75) is 39.8 Å². The largest absolute Gasteiger partial charge is 0.471 e. The molecule has 0 aliphatic carbocycles. The van der Waals surface area contributed by atoms with Crippen molar-refractivity contribution in [3.63, 3.8) is 0 Å². The van der Waals surface area contributed by atoms with Crippen LogP contribution in [0.4, 0.5) is 10.5 Å². The number of nitrogens with one attached hydrogen (secondary N) is 2. The number of amides is 2. The molecule has 4 heteroatoms. The standard InChI is InChI=1S/C19H24N2O2/c1-13(2)16-10-6-8-12-18(16)23-15(4)20-19(22)21-17-11-7-5-9-14(17)3/h5-13,15H,1-4H3,(H2,20,21,22). The van der Waals surface area contributed by atoms with Gasteiger partial charge in [-0.3, -0.25) is 0 Å². The number of carbonyl (C=O) groups is 1. The fourth-order valence-corrected chi connectivity index (χ4v) is 2.34. The molecule has 0 aliphatic heterocycles. The zero-order valence-corrected chi connectivity index (χ0v) is 14.1. The van der Waals surface area contributed by atoms with Gasteiger partial charge in [0.2, 0.25) is 0 Å². The Morgan fingerprint density at radius 3 is 2.35 bits per heavy atom. The lowest BCUT2D eigenvalue weighted by atomic mass is 10.0. The highest BCUT2D eigenvalue weighted by Crippen LogP contribution is 2.26. The number of hydrogen-bond donors (Lipinski definition) is 2. The van der Waals surface area contributed by atoms with Crippen molar-refractivity contribution in [3.05, 3.63) is 59.7 Å². The van der Waals surface area contributed by atoms with Gasteiger partial charge in [0.25, 0.3) is 0 Å². The van der Waals surface area contributed by atoms with Crippen LogP contribution < -0.4 is 15.4 Å².